The Hall–Kier alpha value is -1.59. The van der Waals surface area contributed by atoms with Gasteiger partial charge < -0.3 is 4.74 Å². The molecule has 1 aliphatic rings. The first-order valence-corrected chi connectivity index (χ1v) is 6.97. The molecule has 5 heteroatoms. The van der Waals surface area contributed by atoms with Crippen LogP contribution in [0.5, 0.6) is 5.75 Å². The normalized spacial score (nSPS) is 16.9. The number of rotatable bonds is 4. The van der Waals surface area contributed by atoms with Gasteiger partial charge in [-0.05, 0) is 43.0 Å². The highest BCUT2D eigenvalue weighted by atomic mass is 16.5. The van der Waals surface area contributed by atoms with Gasteiger partial charge in [-0.3, -0.25) is 14.9 Å². The summed E-state index contributed by atoms with van der Waals surface area (Å²) < 4.78 is 5.05. The second-order valence-corrected chi connectivity index (χ2v) is 5.38. The minimum Gasteiger partial charge on any atom is -0.497 e. The number of amides is 1. The van der Waals surface area contributed by atoms with Crippen molar-refractivity contribution in [3.8, 4) is 5.75 Å². The molecule has 0 unspecified atom stereocenters. The Morgan fingerprint density at radius 1 is 1.35 bits per heavy atom. The van der Waals surface area contributed by atoms with Gasteiger partial charge in [0.05, 0.1) is 7.11 Å². The zero-order valence-electron chi connectivity index (χ0n) is 12.1. The molecular formula is C15H22N2O3. The molecule has 1 heterocycles. The third-order valence-electron chi connectivity index (χ3n) is 3.78. The van der Waals surface area contributed by atoms with Gasteiger partial charge in [0.2, 0.25) is 0 Å². The third-order valence-corrected chi connectivity index (χ3v) is 3.78. The van der Waals surface area contributed by atoms with Crippen LogP contribution in [-0.2, 0) is 0 Å². The average molecular weight is 278 g/mol. The Morgan fingerprint density at radius 3 is 2.50 bits per heavy atom. The second-order valence-electron chi connectivity index (χ2n) is 5.38. The van der Waals surface area contributed by atoms with Crippen LogP contribution >= 0.6 is 0 Å². The van der Waals surface area contributed by atoms with Crippen molar-refractivity contribution in [2.45, 2.75) is 19.8 Å². The molecule has 0 bridgehead atoms. The zero-order chi connectivity index (χ0) is 14.5. The number of benzene rings is 1. The summed E-state index contributed by atoms with van der Waals surface area (Å²) in [6.45, 7) is 4.34. The third kappa shape index (κ3) is 3.71. The van der Waals surface area contributed by atoms with Crippen LogP contribution in [0.2, 0.25) is 0 Å². The lowest BCUT2D eigenvalue weighted by Crippen LogP contribution is -2.43. The van der Waals surface area contributed by atoms with Crippen molar-refractivity contribution in [2.75, 3.05) is 26.9 Å². The minimum absolute atomic E-state index is 0.261. The van der Waals surface area contributed by atoms with Gasteiger partial charge in [-0.2, -0.15) is 0 Å². The molecule has 5 nitrogen and oxygen atoms in total. The predicted octanol–water partition coefficient (Wildman–Crippen LogP) is 2.22. The fraction of sp³-hybridized carbons (Fsp3) is 0.533. The molecule has 1 aromatic carbocycles. The van der Waals surface area contributed by atoms with Crippen molar-refractivity contribution in [3.05, 3.63) is 29.8 Å². The van der Waals surface area contributed by atoms with Crippen molar-refractivity contribution in [2.24, 2.45) is 5.92 Å². The van der Waals surface area contributed by atoms with Crippen molar-refractivity contribution in [3.63, 3.8) is 0 Å². The van der Waals surface area contributed by atoms with Crippen LogP contribution in [0.1, 0.15) is 30.1 Å². The SMILES string of the molecule is COc1ccc(C(=O)N(O)CN2CCC(C)CC2)cc1. The van der Waals surface area contributed by atoms with E-state index in [1.165, 1.54) is 0 Å². The van der Waals surface area contributed by atoms with E-state index in [0.29, 0.717) is 11.3 Å². The molecule has 0 aromatic heterocycles. The summed E-state index contributed by atoms with van der Waals surface area (Å²) in [7, 11) is 1.58. The highest BCUT2D eigenvalue weighted by molar-refractivity contribution is 5.93. The monoisotopic (exact) mass is 278 g/mol. The number of piperidine rings is 1. The van der Waals surface area contributed by atoms with Gasteiger partial charge in [0.25, 0.3) is 5.91 Å². The van der Waals surface area contributed by atoms with Gasteiger partial charge >= 0.3 is 0 Å². The number of carbonyl (C=O) groups is 1. The van der Waals surface area contributed by atoms with E-state index in [0.717, 1.165) is 36.9 Å². The minimum atomic E-state index is -0.383. The summed E-state index contributed by atoms with van der Waals surface area (Å²) in [5.41, 5.74) is 0.457. The summed E-state index contributed by atoms with van der Waals surface area (Å²) in [6, 6.07) is 6.73. The molecule has 1 N–H and O–H groups in total. The maximum Gasteiger partial charge on any atom is 0.278 e. The topological polar surface area (TPSA) is 53.0 Å². The number of ether oxygens (including phenoxy) is 1. The smallest absolute Gasteiger partial charge is 0.278 e. The van der Waals surface area contributed by atoms with Crippen LogP contribution in [0.3, 0.4) is 0 Å². The molecular weight excluding hydrogens is 256 g/mol. The molecule has 0 aliphatic carbocycles. The fourth-order valence-corrected chi connectivity index (χ4v) is 2.34. The average Bonchev–Trinajstić information content (AvgIpc) is 2.49. The number of likely N-dealkylation sites (tertiary alicyclic amines) is 1. The molecule has 0 atom stereocenters. The van der Waals surface area contributed by atoms with E-state index in [2.05, 4.69) is 11.8 Å². The van der Waals surface area contributed by atoms with E-state index in [9.17, 15) is 10.0 Å². The van der Waals surface area contributed by atoms with Gasteiger partial charge in [0.15, 0.2) is 0 Å². The number of nitrogens with zero attached hydrogens (tertiary/aromatic N) is 2. The Labute approximate surface area is 119 Å². The molecule has 2 rings (SSSR count). The first kappa shape index (κ1) is 14.8. The molecule has 0 saturated carbocycles. The number of hydrogen-bond donors (Lipinski definition) is 1. The van der Waals surface area contributed by atoms with Crippen LogP contribution in [0.4, 0.5) is 0 Å². The lowest BCUT2D eigenvalue weighted by molar-refractivity contribution is -0.0930. The van der Waals surface area contributed by atoms with Gasteiger partial charge in [-0.1, -0.05) is 6.92 Å². The van der Waals surface area contributed by atoms with Crippen LogP contribution in [0.25, 0.3) is 0 Å². The highest BCUT2D eigenvalue weighted by Crippen LogP contribution is 2.17. The predicted molar refractivity (Wildman–Crippen MR) is 75.8 cm³/mol. The van der Waals surface area contributed by atoms with Crippen LogP contribution < -0.4 is 4.74 Å². The summed E-state index contributed by atoms with van der Waals surface area (Å²) in [6.07, 6.45) is 2.23. The van der Waals surface area contributed by atoms with Crippen LogP contribution in [0, 0.1) is 5.92 Å². The van der Waals surface area contributed by atoms with E-state index in [-0.39, 0.29) is 12.6 Å². The Morgan fingerprint density at radius 2 is 1.95 bits per heavy atom. The first-order chi connectivity index (χ1) is 9.60. The van der Waals surface area contributed by atoms with Gasteiger partial charge in [0.1, 0.15) is 12.4 Å². The molecule has 0 radical (unpaired) electrons. The van der Waals surface area contributed by atoms with Crippen molar-refractivity contribution >= 4 is 5.91 Å². The zero-order valence-corrected chi connectivity index (χ0v) is 12.1. The summed E-state index contributed by atoms with van der Waals surface area (Å²) in [5, 5.41) is 10.7. The van der Waals surface area contributed by atoms with E-state index >= 15 is 0 Å². The van der Waals surface area contributed by atoms with Crippen molar-refractivity contribution in [1.82, 2.24) is 9.96 Å². The quantitative estimate of drug-likeness (QED) is 0.678. The Kier molecular flexibility index (Phi) is 4.98. The summed E-state index contributed by atoms with van der Waals surface area (Å²) >= 11 is 0. The van der Waals surface area contributed by atoms with Gasteiger partial charge in [-0.15, -0.1) is 0 Å². The summed E-state index contributed by atoms with van der Waals surface area (Å²) in [5.74, 6) is 1.04. The lowest BCUT2D eigenvalue weighted by Gasteiger charge is -2.32. The molecule has 1 amide bonds. The highest BCUT2D eigenvalue weighted by Gasteiger charge is 2.20. The number of carbonyl (C=O) groups excluding carboxylic acids is 1. The number of methoxy groups -OCH3 is 1. The van der Waals surface area contributed by atoms with E-state index in [1.807, 2.05) is 0 Å². The molecule has 20 heavy (non-hydrogen) atoms. The molecule has 110 valence electrons. The maximum atomic E-state index is 12.1. The number of hydrogen-bond acceptors (Lipinski definition) is 4. The van der Waals surface area contributed by atoms with Gasteiger partial charge in [-0.25, -0.2) is 5.06 Å². The summed E-state index contributed by atoms with van der Waals surface area (Å²) in [4.78, 5) is 14.2. The molecule has 1 aliphatic heterocycles. The molecule has 0 spiro atoms. The first-order valence-electron chi connectivity index (χ1n) is 6.97. The van der Waals surface area contributed by atoms with Crippen molar-refractivity contribution in [1.29, 1.82) is 0 Å². The maximum absolute atomic E-state index is 12.1. The molecule has 1 aromatic rings. The standard InChI is InChI=1S/C15H22N2O3/c1-12-7-9-16(10-8-12)11-17(19)15(18)13-3-5-14(20-2)6-4-13/h3-6,12,19H,7-11H2,1-2H3. The van der Waals surface area contributed by atoms with E-state index in [4.69, 9.17) is 4.74 Å². The number of hydroxylamine groups is 2. The molecule has 1 saturated heterocycles. The van der Waals surface area contributed by atoms with Crippen LogP contribution in [0.15, 0.2) is 24.3 Å². The van der Waals surface area contributed by atoms with Gasteiger partial charge in [0, 0.05) is 18.7 Å². The fourth-order valence-electron chi connectivity index (χ4n) is 2.34. The van der Waals surface area contributed by atoms with Crippen LogP contribution in [-0.4, -0.2) is 47.9 Å². The Bertz CT molecular complexity index is 439. The second kappa shape index (κ2) is 6.72. The lowest BCUT2D eigenvalue weighted by atomic mass is 10.00. The van der Waals surface area contributed by atoms with Crippen molar-refractivity contribution < 1.29 is 14.7 Å². The van der Waals surface area contributed by atoms with E-state index in [1.54, 1.807) is 31.4 Å². The Balaban J connectivity index is 1.90. The largest absolute Gasteiger partial charge is 0.497 e. The molecule has 1 fully saturated rings. The van der Waals surface area contributed by atoms with E-state index < -0.39 is 0 Å².